The lowest BCUT2D eigenvalue weighted by atomic mass is 10.0. The van der Waals surface area contributed by atoms with Gasteiger partial charge in [0, 0.05) is 107 Å². The quantitative estimate of drug-likeness (QED) is 0.203. The average Bonchev–Trinajstić information content (AvgIpc) is 4.16. The van der Waals surface area contributed by atoms with Crippen LogP contribution in [0.15, 0.2) is 65.8 Å². The summed E-state index contributed by atoms with van der Waals surface area (Å²) in [6.07, 6.45) is 12.6. The SMILES string of the molecule is CCCn1c2c(c(=O)n(C3CC3)c1=O)CC(c1ccc(CCC3CC(=O)N(C)C3)nc1)=N2.CCCn1c2c(c(=O)n(C3CC3)c1=O)CC(c1ccc(Cl)nc1)=N2.CN1CC(CN)CC1=O. The number of aliphatic imine (C=N–C) groups is 2. The van der Waals surface area contributed by atoms with Crippen LogP contribution >= 0.6 is 11.6 Å². The fourth-order valence-corrected chi connectivity index (χ4v) is 9.17. The minimum absolute atomic E-state index is 0.0448. The molecule has 4 aliphatic heterocycles. The van der Waals surface area contributed by atoms with Gasteiger partial charge in [0.1, 0.15) is 16.8 Å². The normalized spacial score (nSPS) is 19.7. The maximum atomic E-state index is 13.0. The highest BCUT2D eigenvalue weighted by Gasteiger charge is 2.35. The zero-order valence-electron chi connectivity index (χ0n) is 37.7. The summed E-state index contributed by atoms with van der Waals surface area (Å²) in [6.45, 7) is 7.45. The van der Waals surface area contributed by atoms with Crippen molar-refractivity contribution in [3.8, 4) is 0 Å². The maximum Gasteiger partial charge on any atom is 0.332 e. The number of nitrogens with two attached hydrogens (primary N) is 1. The molecule has 0 radical (unpaired) electrons. The molecule has 4 fully saturated rings. The summed E-state index contributed by atoms with van der Waals surface area (Å²) in [5.41, 5.74) is 10.0. The number of hydrogen-bond acceptors (Lipinski definition) is 11. The highest BCUT2D eigenvalue weighted by molar-refractivity contribution is 6.29. The van der Waals surface area contributed by atoms with E-state index in [2.05, 4.69) is 15.0 Å². The molecule has 10 rings (SSSR count). The first-order valence-electron chi connectivity index (χ1n) is 23.0. The molecule has 344 valence electrons. The van der Waals surface area contributed by atoms with Crippen LogP contribution in [-0.4, -0.2) is 95.0 Å². The van der Waals surface area contributed by atoms with Crippen LogP contribution in [0.5, 0.6) is 0 Å². The van der Waals surface area contributed by atoms with Crippen LogP contribution in [0, 0.1) is 11.8 Å². The molecule has 17 nitrogen and oxygen atoms in total. The van der Waals surface area contributed by atoms with Gasteiger partial charge in [-0.1, -0.05) is 25.4 Å². The molecular formula is C47H58ClN11O6. The Labute approximate surface area is 381 Å². The highest BCUT2D eigenvalue weighted by Crippen LogP contribution is 2.35. The number of halogens is 1. The number of fused-ring (bicyclic) bond motifs is 2. The van der Waals surface area contributed by atoms with Crippen LogP contribution in [0.2, 0.25) is 5.15 Å². The van der Waals surface area contributed by atoms with Gasteiger partial charge in [-0.3, -0.25) is 42.4 Å². The van der Waals surface area contributed by atoms with Crippen molar-refractivity contribution < 1.29 is 9.59 Å². The number of aryl methyl sites for hydroxylation is 1. The minimum Gasteiger partial charge on any atom is -0.345 e. The van der Waals surface area contributed by atoms with E-state index in [-0.39, 0.29) is 46.4 Å². The summed E-state index contributed by atoms with van der Waals surface area (Å²) in [4.78, 5) is 95.6. The smallest absolute Gasteiger partial charge is 0.332 e. The molecule has 2 unspecified atom stereocenters. The van der Waals surface area contributed by atoms with E-state index in [9.17, 15) is 28.8 Å². The summed E-state index contributed by atoms with van der Waals surface area (Å²) in [5, 5.41) is 0.411. The van der Waals surface area contributed by atoms with Gasteiger partial charge >= 0.3 is 11.4 Å². The Morgan fingerprint density at radius 2 is 1.14 bits per heavy atom. The molecule has 2 atom stereocenters. The number of carbonyl (C=O) groups is 2. The van der Waals surface area contributed by atoms with Gasteiger partial charge in [0.2, 0.25) is 11.8 Å². The number of carbonyl (C=O) groups excluding carboxylic acids is 2. The second kappa shape index (κ2) is 19.3. The summed E-state index contributed by atoms with van der Waals surface area (Å²) in [6, 6.07) is 7.64. The van der Waals surface area contributed by atoms with Gasteiger partial charge in [0.25, 0.3) is 11.1 Å². The fourth-order valence-electron chi connectivity index (χ4n) is 9.06. The van der Waals surface area contributed by atoms with E-state index >= 15 is 0 Å². The fraction of sp³-hybridized carbons (Fsp3) is 0.532. The Kier molecular flexibility index (Phi) is 13.6. The third-order valence-corrected chi connectivity index (χ3v) is 13.2. The summed E-state index contributed by atoms with van der Waals surface area (Å²) in [5.74, 6) is 2.28. The van der Waals surface area contributed by atoms with Crippen molar-refractivity contribution in [2.24, 2.45) is 27.6 Å². The number of likely N-dealkylation sites (tertiary alicyclic amines) is 2. The zero-order chi connectivity index (χ0) is 46.1. The maximum absolute atomic E-state index is 13.0. The number of hydrogen-bond donors (Lipinski definition) is 1. The van der Waals surface area contributed by atoms with E-state index in [0.717, 1.165) is 92.7 Å². The van der Waals surface area contributed by atoms with Gasteiger partial charge in [-0.05, 0) is 94.0 Å². The Morgan fingerprint density at radius 1 is 0.662 bits per heavy atom. The first kappa shape index (κ1) is 45.7. The van der Waals surface area contributed by atoms with Gasteiger partial charge in [-0.25, -0.2) is 24.6 Å². The van der Waals surface area contributed by atoms with E-state index in [1.54, 1.807) is 31.2 Å². The summed E-state index contributed by atoms with van der Waals surface area (Å²) >= 11 is 5.83. The first-order chi connectivity index (χ1) is 31.3. The topological polar surface area (TPSA) is 205 Å². The van der Waals surface area contributed by atoms with Crippen LogP contribution in [0.4, 0.5) is 11.6 Å². The van der Waals surface area contributed by atoms with Gasteiger partial charge in [0.05, 0.1) is 22.6 Å². The molecule has 2 aliphatic carbocycles. The molecular weight excluding hydrogens is 850 g/mol. The van der Waals surface area contributed by atoms with Crippen LogP contribution in [-0.2, 0) is 41.9 Å². The summed E-state index contributed by atoms with van der Waals surface area (Å²) < 4.78 is 6.18. The van der Waals surface area contributed by atoms with E-state index in [1.807, 2.05) is 52.3 Å². The molecule has 18 heteroatoms. The number of rotatable bonds is 12. The van der Waals surface area contributed by atoms with Crippen LogP contribution in [0.1, 0.15) is 112 Å². The predicted molar refractivity (Wildman–Crippen MR) is 249 cm³/mol. The van der Waals surface area contributed by atoms with Crippen molar-refractivity contribution in [3.05, 3.63) is 111 Å². The van der Waals surface area contributed by atoms with E-state index < -0.39 is 0 Å². The molecule has 0 bridgehead atoms. The molecule has 2 saturated carbocycles. The monoisotopic (exact) mass is 907 g/mol. The van der Waals surface area contributed by atoms with Crippen molar-refractivity contribution >= 4 is 46.5 Å². The lowest BCUT2D eigenvalue weighted by molar-refractivity contribution is -0.127. The first-order valence-corrected chi connectivity index (χ1v) is 23.3. The van der Waals surface area contributed by atoms with E-state index in [0.29, 0.717) is 85.1 Å². The Balaban J connectivity index is 0.000000153. The van der Waals surface area contributed by atoms with Gasteiger partial charge in [-0.15, -0.1) is 0 Å². The molecule has 4 aromatic heterocycles. The summed E-state index contributed by atoms with van der Waals surface area (Å²) in [7, 11) is 3.67. The second-order valence-electron chi connectivity index (χ2n) is 18.1. The second-order valence-corrected chi connectivity index (χ2v) is 18.5. The largest absolute Gasteiger partial charge is 0.345 e. The third kappa shape index (κ3) is 9.76. The molecule has 6 aliphatic rings. The Hall–Kier alpha value is -5.81. The van der Waals surface area contributed by atoms with Crippen LogP contribution in [0.25, 0.3) is 0 Å². The van der Waals surface area contributed by atoms with Gasteiger partial charge in [-0.2, -0.15) is 0 Å². The Bertz CT molecular complexity index is 2780. The predicted octanol–water partition coefficient (Wildman–Crippen LogP) is 4.14. The molecule has 2 amide bonds. The van der Waals surface area contributed by atoms with Crippen molar-refractivity contribution in [2.75, 3.05) is 33.7 Å². The van der Waals surface area contributed by atoms with Crippen LogP contribution < -0.4 is 28.2 Å². The third-order valence-electron chi connectivity index (χ3n) is 13.0. The highest BCUT2D eigenvalue weighted by atomic mass is 35.5. The van der Waals surface area contributed by atoms with Gasteiger partial charge < -0.3 is 15.5 Å². The van der Waals surface area contributed by atoms with Crippen LogP contribution in [0.3, 0.4) is 0 Å². The van der Waals surface area contributed by atoms with Crippen molar-refractivity contribution in [3.63, 3.8) is 0 Å². The number of aromatic nitrogens is 6. The molecule has 65 heavy (non-hydrogen) atoms. The van der Waals surface area contributed by atoms with E-state index in [1.165, 1.54) is 9.13 Å². The lowest BCUT2D eigenvalue weighted by Crippen LogP contribution is -2.40. The standard InChI is InChI=1S/C24H29N5O3.C17H17ClN4O2.C6H12N2O/c1-3-10-28-22-19(23(31)29(24(28)32)18-8-9-18)12-20(26-22)16-5-7-17(25-13-16)6-4-15-11-21(30)27(2)14-15;1-2-7-21-15-12(16(23)22(17(21)24)11-4-5-11)8-13(20-15)10-3-6-14(18)19-9-10;1-8-4-5(3-7)2-6(8)9/h5,7,13,15,18H,3-4,6,8-12,14H2,1-2H3;3,6,9,11H,2,4-5,7-8H2,1H3;5H,2-4,7H2,1H3. The molecule has 2 N–H and O–H groups in total. The van der Waals surface area contributed by atoms with Crippen molar-refractivity contribution in [1.29, 1.82) is 0 Å². The molecule has 0 aromatic carbocycles. The minimum atomic E-state index is -0.234. The molecule has 2 saturated heterocycles. The average molecular weight is 909 g/mol. The Morgan fingerprint density at radius 3 is 1.51 bits per heavy atom. The zero-order valence-corrected chi connectivity index (χ0v) is 38.4. The lowest BCUT2D eigenvalue weighted by Gasteiger charge is -2.12. The molecule has 0 spiro atoms. The molecule has 4 aromatic rings. The van der Waals surface area contributed by atoms with Crippen molar-refractivity contribution in [1.82, 2.24) is 38.0 Å². The number of nitrogens with zero attached hydrogens (tertiary/aromatic N) is 10. The van der Waals surface area contributed by atoms with Crippen molar-refractivity contribution in [2.45, 2.75) is 116 Å². The molecule has 8 heterocycles. The number of amides is 2. The van der Waals surface area contributed by atoms with Gasteiger partial charge in [0.15, 0.2) is 0 Å². The number of pyridine rings is 2. The van der Waals surface area contributed by atoms with E-state index in [4.69, 9.17) is 22.3 Å².